The number of carbonyl (C=O) groups is 2. The average molecular weight is 318 g/mol. The zero-order valence-corrected chi connectivity index (χ0v) is 13.8. The smallest absolute Gasteiger partial charge is 0.338 e. The van der Waals surface area contributed by atoms with Crippen LogP contribution in [0.4, 0.5) is 4.79 Å². The van der Waals surface area contributed by atoms with Gasteiger partial charge in [-0.15, -0.1) is 0 Å². The predicted molar refractivity (Wildman–Crippen MR) is 85.9 cm³/mol. The monoisotopic (exact) mass is 318 g/mol. The molecule has 2 amide bonds. The Bertz CT molecular complexity index is 637. The van der Waals surface area contributed by atoms with Crippen molar-refractivity contribution in [2.75, 3.05) is 6.61 Å². The van der Waals surface area contributed by atoms with Crippen LogP contribution in [0.5, 0.6) is 5.75 Å². The van der Waals surface area contributed by atoms with Crippen molar-refractivity contribution in [3.63, 3.8) is 0 Å². The minimum Gasteiger partial charge on any atom is -0.494 e. The molecule has 0 saturated carbocycles. The van der Waals surface area contributed by atoms with Gasteiger partial charge in [0.25, 0.3) is 0 Å². The summed E-state index contributed by atoms with van der Waals surface area (Å²) in [6.45, 7) is 7.70. The molecule has 0 saturated heterocycles. The second-order valence-electron chi connectivity index (χ2n) is 5.53. The molecule has 1 aliphatic rings. The van der Waals surface area contributed by atoms with Gasteiger partial charge in [0.1, 0.15) is 5.75 Å². The highest BCUT2D eigenvalue weighted by molar-refractivity contribution is 5.95. The molecule has 6 nitrogen and oxygen atoms in total. The van der Waals surface area contributed by atoms with Gasteiger partial charge < -0.3 is 20.1 Å². The number of hydrogen-bond acceptors (Lipinski definition) is 4. The van der Waals surface area contributed by atoms with Gasteiger partial charge in [-0.05, 0) is 45.4 Å². The third-order valence-corrected chi connectivity index (χ3v) is 3.33. The number of ether oxygens (including phenoxy) is 2. The Kier molecular flexibility index (Phi) is 5.26. The highest BCUT2D eigenvalue weighted by atomic mass is 16.5. The van der Waals surface area contributed by atoms with E-state index in [4.69, 9.17) is 9.47 Å². The van der Waals surface area contributed by atoms with Crippen LogP contribution in [-0.2, 0) is 9.53 Å². The summed E-state index contributed by atoms with van der Waals surface area (Å²) >= 11 is 0. The van der Waals surface area contributed by atoms with Crippen LogP contribution in [0.1, 0.15) is 39.3 Å². The SMILES string of the molecule is CCOc1cccc(C2NC(=O)NC(C)=C2C(=O)OC(C)C)c1. The Balaban J connectivity index is 2.40. The zero-order valence-electron chi connectivity index (χ0n) is 13.8. The van der Waals surface area contributed by atoms with Crippen LogP contribution >= 0.6 is 0 Å². The van der Waals surface area contributed by atoms with Crippen molar-refractivity contribution >= 4 is 12.0 Å². The van der Waals surface area contributed by atoms with Crippen molar-refractivity contribution in [3.8, 4) is 5.75 Å². The van der Waals surface area contributed by atoms with Gasteiger partial charge in [0.05, 0.1) is 24.3 Å². The lowest BCUT2D eigenvalue weighted by Crippen LogP contribution is -2.45. The summed E-state index contributed by atoms with van der Waals surface area (Å²) in [5, 5.41) is 5.39. The molecule has 0 fully saturated rings. The third-order valence-electron chi connectivity index (χ3n) is 3.33. The fourth-order valence-corrected chi connectivity index (χ4v) is 2.44. The van der Waals surface area contributed by atoms with E-state index in [1.165, 1.54) is 0 Å². The first-order valence-electron chi connectivity index (χ1n) is 7.64. The second-order valence-corrected chi connectivity index (χ2v) is 5.53. The van der Waals surface area contributed by atoms with E-state index in [-0.39, 0.29) is 12.1 Å². The Morgan fingerprint density at radius 1 is 1.35 bits per heavy atom. The highest BCUT2D eigenvalue weighted by Gasteiger charge is 2.32. The number of rotatable bonds is 5. The summed E-state index contributed by atoms with van der Waals surface area (Å²) in [6.07, 6.45) is -0.240. The molecule has 1 aromatic rings. The molecule has 1 atom stereocenters. The minimum absolute atomic E-state index is 0.240. The lowest BCUT2D eigenvalue weighted by Gasteiger charge is -2.28. The van der Waals surface area contributed by atoms with Crippen LogP contribution in [-0.4, -0.2) is 24.7 Å². The first-order valence-corrected chi connectivity index (χ1v) is 7.64. The Hall–Kier alpha value is -2.50. The summed E-state index contributed by atoms with van der Waals surface area (Å²) < 4.78 is 10.8. The molecule has 0 aromatic heterocycles. The molecule has 1 aromatic carbocycles. The van der Waals surface area contributed by atoms with E-state index in [1.807, 2.05) is 31.2 Å². The van der Waals surface area contributed by atoms with E-state index in [1.54, 1.807) is 20.8 Å². The van der Waals surface area contributed by atoms with Crippen molar-refractivity contribution in [1.82, 2.24) is 10.6 Å². The molecular weight excluding hydrogens is 296 g/mol. The predicted octanol–water partition coefficient (Wildman–Crippen LogP) is 2.66. The van der Waals surface area contributed by atoms with E-state index in [2.05, 4.69) is 10.6 Å². The third kappa shape index (κ3) is 4.03. The Labute approximate surface area is 135 Å². The molecule has 0 radical (unpaired) electrons. The van der Waals surface area contributed by atoms with Gasteiger partial charge in [-0.1, -0.05) is 12.1 Å². The average Bonchev–Trinajstić information content (AvgIpc) is 2.46. The van der Waals surface area contributed by atoms with E-state index in [0.29, 0.717) is 23.6 Å². The number of hydrogen-bond donors (Lipinski definition) is 2. The molecular formula is C17H22N2O4. The number of carbonyl (C=O) groups excluding carboxylic acids is 2. The van der Waals surface area contributed by atoms with Gasteiger partial charge in [0.2, 0.25) is 0 Å². The van der Waals surface area contributed by atoms with Crippen molar-refractivity contribution in [1.29, 1.82) is 0 Å². The van der Waals surface area contributed by atoms with Gasteiger partial charge in [0.15, 0.2) is 0 Å². The van der Waals surface area contributed by atoms with E-state index in [9.17, 15) is 9.59 Å². The lowest BCUT2D eigenvalue weighted by molar-refractivity contribution is -0.143. The molecule has 1 heterocycles. The van der Waals surface area contributed by atoms with E-state index < -0.39 is 12.0 Å². The highest BCUT2D eigenvalue weighted by Crippen LogP contribution is 2.29. The molecule has 1 aliphatic heterocycles. The van der Waals surface area contributed by atoms with E-state index in [0.717, 1.165) is 5.56 Å². The Morgan fingerprint density at radius 3 is 2.74 bits per heavy atom. The molecule has 2 rings (SSSR count). The van der Waals surface area contributed by atoms with Crippen LogP contribution in [0.25, 0.3) is 0 Å². The minimum atomic E-state index is -0.574. The van der Waals surface area contributed by atoms with Crippen LogP contribution in [0.2, 0.25) is 0 Å². The molecule has 1 unspecified atom stereocenters. The summed E-state index contributed by atoms with van der Waals surface area (Å²) in [5.74, 6) is 0.240. The standard InChI is InChI=1S/C17H22N2O4/c1-5-22-13-8-6-7-12(9-13)15-14(16(20)23-10(2)3)11(4)18-17(21)19-15/h6-10,15H,5H2,1-4H3,(H2,18,19,21). The molecule has 0 bridgehead atoms. The van der Waals surface area contributed by atoms with Gasteiger partial charge in [-0.3, -0.25) is 0 Å². The number of urea groups is 1. The fraction of sp³-hybridized carbons (Fsp3) is 0.412. The topological polar surface area (TPSA) is 76.7 Å². The Morgan fingerprint density at radius 2 is 2.09 bits per heavy atom. The lowest BCUT2D eigenvalue weighted by atomic mass is 9.95. The van der Waals surface area contributed by atoms with Crippen molar-refractivity contribution in [2.24, 2.45) is 0 Å². The normalized spacial score (nSPS) is 17.6. The van der Waals surface area contributed by atoms with Crippen LogP contribution in [0, 0.1) is 0 Å². The first kappa shape index (κ1) is 16.9. The van der Waals surface area contributed by atoms with Crippen molar-refractivity contribution in [3.05, 3.63) is 41.1 Å². The molecule has 0 aliphatic carbocycles. The fourth-order valence-electron chi connectivity index (χ4n) is 2.44. The molecule has 2 N–H and O–H groups in total. The van der Waals surface area contributed by atoms with Crippen LogP contribution in [0.3, 0.4) is 0 Å². The maximum Gasteiger partial charge on any atom is 0.338 e. The molecule has 6 heteroatoms. The van der Waals surface area contributed by atoms with Crippen LogP contribution < -0.4 is 15.4 Å². The van der Waals surface area contributed by atoms with E-state index >= 15 is 0 Å². The molecule has 124 valence electrons. The number of allylic oxidation sites excluding steroid dienone is 1. The van der Waals surface area contributed by atoms with Crippen LogP contribution in [0.15, 0.2) is 35.5 Å². The number of amides is 2. The summed E-state index contributed by atoms with van der Waals surface area (Å²) in [6, 6.07) is 6.39. The number of esters is 1. The van der Waals surface area contributed by atoms with Gasteiger partial charge in [0, 0.05) is 5.70 Å². The summed E-state index contributed by atoms with van der Waals surface area (Å²) in [4.78, 5) is 24.2. The van der Waals surface area contributed by atoms with Crippen molar-refractivity contribution in [2.45, 2.75) is 39.8 Å². The first-order chi connectivity index (χ1) is 10.9. The second kappa shape index (κ2) is 7.17. The largest absolute Gasteiger partial charge is 0.494 e. The summed E-state index contributed by atoms with van der Waals surface area (Å²) in [5.41, 5.74) is 1.65. The van der Waals surface area contributed by atoms with Gasteiger partial charge in [-0.25, -0.2) is 9.59 Å². The quantitative estimate of drug-likeness (QED) is 0.818. The number of benzene rings is 1. The molecule has 23 heavy (non-hydrogen) atoms. The summed E-state index contributed by atoms with van der Waals surface area (Å²) in [7, 11) is 0. The molecule has 0 spiro atoms. The van der Waals surface area contributed by atoms with Gasteiger partial charge >= 0.3 is 12.0 Å². The number of nitrogens with one attached hydrogen (secondary N) is 2. The van der Waals surface area contributed by atoms with Crippen molar-refractivity contribution < 1.29 is 19.1 Å². The van der Waals surface area contributed by atoms with Gasteiger partial charge in [-0.2, -0.15) is 0 Å². The zero-order chi connectivity index (χ0) is 17.0. The maximum absolute atomic E-state index is 12.4. The maximum atomic E-state index is 12.4.